The zero-order valence-corrected chi connectivity index (χ0v) is 22.1. The zero-order chi connectivity index (χ0) is 34.1. The van der Waals surface area contributed by atoms with Crippen LogP contribution in [0, 0.1) is 23.7 Å². The number of hydrogen-bond acceptors (Lipinski definition) is 9. The van der Waals surface area contributed by atoms with Crippen LogP contribution in [0.4, 0.5) is 52.7 Å². The molecule has 248 valence electrons. The van der Waals surface area contributed by atoms with Gasteiger partial charge in [0, 0.05) is 19.8 Å². The van der Waals surface area contributed by atoms with Gasteiger partial charge in [0.05, 0.1) is 23.7 Å². The van der Waals surface area contributed by atoms with Gasteiger partial charge in [-0.1, -0.05) is 13.8 Å². The summed E-state index contributed by atoms with van der Waals surface area (Å²) in [4.78, 5) is 60.6. The number of hydrogen-bond donors (Lipinski definition) is 0. The standard InChI is InChI=1S/C22H22F12O9/c1-7-10(14(38)40-12(7)36)5-18(4,43-9(3)35)6-11(15(39)42-17(21(29,30)31)22(32,33)34)8(2)13(37)41-16(19(23,24)25)20(26,27)28/h7-8,10-11,16-17H,5-6H2,1-4H3. The molecular weight excluding hydrogens is 636 g/mol. The highest BCUT2D eigenvalue weighted by molar-refractivity contribution is 5.96. The molecule has 0 aliphatic carbocycles. The highest BCUT2D eigenvalue weighted by Gasteiger charge is 2.62. The van der Waals surface area contributed by atoms with Gasteiger partial charge in [0.2, 0.25) is 0 Å². The Balaban J connectivity index is 3.63. The maximum absolute atomic E-state index is 13.0. The summed E-state index contributed by atoms with van der Waals surface area (Å²) in [6.07, 6.45) is -37.3. The average Bonchev–Trinajstić information content (AvgIpc) is 3.00. The number of esters is 5. The number of rotatable bonds is 10. The van der Waals surface area contributed by atoms with Crippen LogP contribution in [-0.2, 0) is 42.9 Å². The predicted molar refractivity (Wildman–Crippen MR) is 110 cm³/mol. The number of carbonyl (C=O) groups is 5. The molecule has 21 heteroatoms. The summed E-state index contributed by atoms with van der Waals surface area (Å²) in [5.41, 5.74) is -2.41. The molecule has 0 aromatic heterocycles. The Morgan fingerprint density at radius 3 is 1.49 bits per heavy atom. The van der Waals surface area contributed by atoms with Crippen LogP contribution in [-0.4, -0.2) is 72.4 Å². The van der Waals surface area contributed by atoms with Crippen LogP contribution in [0.15, 0.2) is 0 Å². The van der Waals surface area contributed by atoms with Crippen molar-refractivity contribution in [2.24, 2.45) is 23.7 Å². The van der Waals surface area contributed by atoms with Gasteiger partial charge in [-0.05, 0) is 6.92 Å². The normalized spacial score (nSPS) is 21.3. The lowest BCUT2D eigenvalue weighted by molar-refractivity contribution is -0.317. The van der Waals surface area contributed by atoms with Gasteiger partial charge >= 0.3 is 54.6 Å². The highest BCUT2D eigenvalue weighted by atomic mass is 19.4. The van der Waals surface area contributed by atoms with Crippen molar-refractivity contribution in [2.45, 2.75) is 83.1 Å². The van der Waals surface area contributed by atoms with Crippen molar-refractivity contribution in [3.05, 3.63) is 0 Å². The number of cyclic esters (lactones) is 2. The summed E-state index contributed by atoms with van der Waals surface area (Å²) in [5.74, 6) is -17.2. The molecule has 0 spiro atoms. The van der Waals surface area contributed by atoms with Crippen LogP contribution in [0.1, 0.15) is 40.5 Å². The minimum absolute atomic E-state index is 0.318. The molecule has 5 atom stereocenters. The molecule has 0 amide bonds. The molecule has 43 heavy (non-hydrogen) atoms. The van der Waals surface area contributed by atoms with Crippen LogP contribution in [0.2, 0.25) is 0 Å². The molecule has 0 bridgehead atoms. The Hall–Kier alpha value is -3.29. The van der Waals surface area contributed by atoms with Gasteiger partial charge in [-0.3, -0.25) is 24.0 Å². The molecule has 1 aliphatic heterocycles. The molecule has 0 radical (unpaired) electrons. The van der Waals surface area contributed by atoms with Gasteiger partial charge in [-0.25, -0.2) is 0 Å². The number of alkyl halides is 12. The molecule has 0 N–H and O–H groups in total. The van der Waals surface area contributed by atoms with Crippen LogP contribution < -0.4 is 0 Å². The van der Waals surface area contributed by atoms with E-state index < -0.39 is 109 Å². The van der Waals surface area contributed by atoms with E-state index >= 15 is 0 Å². The van der Waals surface area contributed by atoms with E-state index in [0.29, 0.717) is 13.8 Å². The van der Waals surface area contributed by atoms with E-state index in [2.05, 4.69) is 14.2 Å². The topological polar surface area (TPSA) is 122 Å². The minimum atomic E-state index is -6.34. The Bertz CT molecular complexity index is 1050. The van der Waals surface area contributed by atoms with E-state index in [1.807, 2.05) is 0 Å². The van der Waals surface area contributed by atoms with E-state index in [9.17, 15) is 76.7 Å². The molecule has 9 nitrogen and oxygen atoms in total. The molecule has 1 saturated heterocycles. The third-order valence-corrected chi connectivity index (χ3v) is 6.11. The van der Waals surface area contributed by atoms with Crippen LogP contribution in [0.3, 0.4) is 0 Å². The quantitative estimate of drug-likeness (QED) is 0.142. The molecule has 0 aromatic carbocycles. The van der Waals surface area contributed by atoms with Gasteiger partial charge < -0.3 is 18.9 Å². The molecule has 1 heterocycles. The lowest BCUT2D eigenvalue weighted by Gasteiger charge is -2.36. The van der Waals surface area contributed by atoms with Crippen molar-refractivity contribution in [3.63, 3.8) is 0 Å². The summed E-state index contributed by atoms with van der Waals surface area (Å²) in [6.45, 7) is 2.92. The number of ether oxygens (including phenoxy) is 4. The first-order chi connectivity index (χ1) is 19.0. The largest absolute Gasteiger partial charge is 0.460 e. The minimum Gasteiger partial charge on any atom is -0.460 e. The molecule has 0 saturated carbocycles. The first kappa shape index (κ1) is 37.7. The van der Waals surface area contributed by atoms with Crippen molar-refractivity contribution in [1.29, 1.82) is 0 Å². The SMILES string of the molecule is CC(=O)OC(C)(CC1C(=O)OC(=O)C1C)CC(C(=O)OC(C(F)(F)F)C(F)(F)F)C(C)C(=O)OC(C(F)(F)F)C(F)(F)F. The second-order valence-electron chi connectivity index (χ2n) is 9.78. The Morgan fingerprint density at radius 2 is 1.16 bits per heavy atom. The first-order valence-electron chi connectivity index (χ1n) is 11.6. The van der Waals surface area contributed by atoms with Crippen LogP contribution >= 0.6 is 0 Å². The van der Waals surface area contributed by atoms with Crippen molar-refractivity contribution in [3.8, 4) is 0 Å². The van der Waals surface area contributed by atoms with Crippen molar-refractivity contribution < 1.29 is 95.6 Å². The molecular formula is C22H22F12O9. The monoisotopic (exact) mass is 658 g/mol. The Kier molecular flexibility index (Phi) is 11.2. The zero-order valence-electron chi connectivity index (χ0n) is 22.1. The van der Waals surface area contributed by atoms with Gasteiger partial charge in [-0.15, -0.1) is 0 Å². The van der Waals surface area contributed by atoms with Gasteiger partial charge in [-0.2, -0.15) is 52.7 Å². The maximum atomic E-state index is 13.0. The molecule has 1 rings (SSSR count). The predicted octanol–water partition coefficient (Wildman–Crippen LogP) is 4.75. The van der Waals surface area contributed by atoms with Gasteiger partial charge in [0.1, 0.15) is 5.60 Å². The molecule has 5 unspecified atom stereocenters. The lowest BCUT2D eigenvalue weighted by Crippen LogP contribution is -2.50. The van der Waals surface area contributed by atoms with Gasteiger partial charge in [0.15, 0.2) is 0 Å². The van der Waals surface area contributed by atoms with Crippen molar-refractivity contribution in [2.75, 3.05) is 0 Å². The summed E-state index contributed by atoms with van der Waals surface area (Å²) in [5, 5.41) is 0. The summed E-state index contributed by atoms with van der Waals surface area (Å²) in [7, 11) is 0. The fourth-order valence-corrected chi connectivity index (χ4v) is 4.03. The Morgan fingerprint density at radius 1 is 0.767 bits per heavy atom. The smallest absolute Gasteiger partial charge is 0.434 e. The van der Waals surface area contributed by atoms with E-state index in [4.69, 9.17) is 4.74 Å². The molecule has 1 aliphatic rings. The van der Waals surface area contributed by atoms with Crippen molar-refractivity contribution >= 4 is 29.8 Å². The summed E-state index contributed by atoms with van der Waals surface area (Å²) >= 11 is 0. The van der Waals surface area contributed by atoms with E-state index in [0.717, 1.165) is 13.8 Å². The third kappa shape index (κ3) is 10.1. The first-order valence-corrected chi connectivity index (χ1v) is 11.6. The van der Waals surface area contributed by atoms with E-state index in [1.54, 1.807) is 0 Å². The highest BCUT2D eigenvalue weighted by Crippen LogP contribution is 2.42. The van der Waals surface area contributed by atoms with Crippen LogP contribution in [0.25, 0.3) is 0 Å². The second-order valence-corrected chi connectivity index (χ2v) is 9.78. The third-order valence-electron chi connectivity index (χ3n) is 6.11. The van der Waals surface area contributed by atoms with Crippen LogP contribution in [0.5, 0.6) is 0 Å². The summed E-state index contributed by atoms with van der Waals surface area (Å²) < 4.78 is 172. The van der Waals surface area contributed by atoms with Crippen molar-refractivity contribution in [1.82, 2.24) is 0 Å². The molecule has 0 aromatic rings. The number of carbonyl (C=O) groups excluding carboxylic acids is 5. The molecule has 1 fully saturated rings. The van der Waals surface area contributed by atoms with E-state index in [-0.39, 0.29) is 0 Å². The number of halogens is 12. The Labute approximate surface area is 233 Å². The summed E-state index contributed by atoms with van der Waals surface area (Å²) in [6, 6.07) is 0. The fourth-order valence-electron chi connectivity index (χ4n) is 4.03. The van der Waals surface area contributed by atoms with E-state index in [1.165, 1.54) is 0 Å². The fraction of sp³-hybridized carbons (Fsp3) is 0.773. The average molecular weight is 658 g/mol. The lowest BCUT2D eigenvalue weighted by atomic mass is 9.77. The second kappa shape index (κ2) is 12.7. The van der Waals surface area contributed by atoms with Gasteiger partial charge in [0.25, 0.3) is 12.2 Å². The maximum Gasteiger partial charge on any atom is 0.434 e.